The first-order chi connectivity index (χ1) is 15.6. The predicted octanol–water partition coefficient (Wildman–Crippen LogP) is 3.98. The molecule has 2 atom stereocenters. The molecule has 2 aromatic rings. The summed E-state index contributed by atoms with van der Waals surface area (Å²) in [6.07, 6.45) is 2.72. The molecule has 33 heavy (non-hydrogen) atoms. The van der Waals surface area contributed by atoms with Crippen molar-refractivity contribution in [2.24, 2.45) is 5.92 Å². The van der Waals surface area contributed by atoms with Crippen LogP contribution in [0.4, 0.5) is 0 Å². The van der Waals surface area contributed by atoms with Crippen molar-refractivity contribution in [3.8, 4) is 5.75 Å². The molecule has 0 saturated carbocycles. The zero-order valence-electron chi connectivity index (χ0n) is 19.0. The summed E-state index contributed by atoms with van der Waals surface area (Å²) in [5, 5.41) is 25.4. The van der Waals surface area contributed by atoms with Gasteiger partial charge in [-0.1, -0.05) is 56.3 Å². The van der Waals surface area contributed by atoms with Crippen molar-refractivity contribution in [1.82, 2.24) is 4.90 Å². The number of hydrogen-bond donors (Lipinski definition) is 3. The smallest absolute Gasteiger partial charge is 0.328 e. The summed E-state index contributed by atoms with van der Waals surface area (Å²) in [6.45, 7) is 7.34. The van der Waals surface area contributed by atoms with Gasteiger partial charge in [0.1, 0.15) is 5.75 Å². The fourth-order valence-electron chi connectivity index (χ4n) is 3.98. The second-order valence-electron chi connectivity index (χ2n) is 8.47. The Labute approximate surface area is 194 Å². The lowest BCUT2D eigenvalue weighted by atomic mass is 9.68. The highest BCUT2D eigenvalue weighted by molar-refractivity contribution is 5.96. The summed E-state index contributed by atoms with van der Waals surface area (Å²) in [5.74, 6) is -1.49. The monoisotopic (exact) mass is 453 g/mol. The van der Waals surface area contributed by atoms with E-state index in [4.69, 9.17) is 10.2 Å². The molecule has 0 bridgehead atoms. The van der Waals surface area contributed by atoms with Gasteiger partial charge in [0, 0.05) is 37.2 Å². The van der Waals surface area contributed by atoms with Gasteiger partial charge < -0.3 is 20.2 Å². The number of rotatable bonds is 7. The molecule has 1 aliphatic rings. The van der Waals surface area contributed by atoms with Gasteiger partial charge in [-0.2, -0.15) is 0 Å². The topological polar surface area (TPSA) is 115 Å². The van der Waals surface area contributed by atoms with Crippen LogP contribution in [-0.4, -0.2) is 57.6 Å². The molecule has 0 amide bonds. The Kier molecular flexibility index (Phi) is 9.36. The molecule has 1 heterocycles. The van der Waals surface area contributed by atoms with E-state index < -0.39 is 11.9 Å². The number of carbonyl (C=O) groups is 3. The molecule has 0 aliphatic carbocycles. The zero-order valence-corrected chi connectivity index (χ0v) is 19.0. The average Bonchev–Trinajstić information content (AvgIpc) is 2.79. The zero-order chi connectivity index (χ0) is 24.4. The predicted molar refractivity (Wildman–Crippen MR) is 125 cm³/mol. The van der Waals surface area contributed by atoms with Gasteiger partial charge in [-0.15, -0.1) is 0 Å². The number of hydrogen-bond acceptors (Lipinski definition) is 5. The minimum Gasteiger partial charge on any atom is -0.508 e. The molecule has 1 fully saturated rings. The molecule has 3 N–H and O–H groups in total. The summed E-state index contributed by atoms with van der Waals surface area (Å²) in [6, 6.07) is 17.2. The summed E-state index contributed by atoms with van der Waals surface area (Å²) in [5.41, 5.74) is 2.08. The van der Waals surface area contributed by atoms with Gasteiger partial charge in [0.2, 0.25) is 0 Å². The first-order valence-corrected chi connectivity index (χ1v) is 10.9. The highest BCUT2D eigenvalue weighted by Crippen LogP contribution is 2.40. The molecule has 7 heteroatoms. The van der Waals surface area contributed by atoms with E-state index in [1.807, 2.05) is 42.5 Å². The lowest BCUT2D eigenvalue weighted by Gasteiger charge is -2.45. The Bertz CT molecular complexity index is 971. The van der Waals surface area contributed by atoms with Gasteiger partial charge in [-0.3, -0.25) is 4.79 Å². The van der Waals surface area contributed by atoms with E-state index in [2.05, 4.69) is 24.8 Å². The average molecular weight is 454 g/mol. The molecule has 1 aliphatic heterocycles. The maximum atomic E-state index is 12.3. The molecule has 1 saturated heterocycles. The molecular formula is C26H31NO6. The second kappa shape index (κ2) is 12.0. The molecule has 0 radical (unpaired) electrons. The largest absolute Gasteiger partial charge is 0.508 e. The van der Waals surface area contributed by atoms with Gasteiger partial charge >= 0.3 is 11.9 Å². The number of carbonyl (C=O) groups excluding carboxylic acids is 1. The molecule has 0 unspecified atom stereocenters. The number of phenols is 1. The number of carboxylic acid groups (broad SMARTS) is 2. The van der Waals surface area contributed by atoms with Crippen molar-refractivity contribution < 1.29 is 29.7 Å². The minimum absolute atomic E-state index is 0.0681. The van der Waals surface area contributed by atoms with Gasteiger partial charge in [0.15, 0.2) is 5.78 Å². The van der Waals surface area contributed by atoms with E-state index in [0.717, 1.165) is 31.6 Å². The van der Waals surface area contributed by atoms with Crippen molar-refractivity contribution in [2.45, 2.75) is 32.1 Å². The van der Waals surface area contributed by atoms with Crippen LogP contribution < -0.4 is 0 Å². The van der Waals surface area contributed by atoms with Crippen LogP contribution in [0.3, 0.4) is 0 Å². The van der Waals surface area contributed by atoms with Crippen LogP contribution in [0, 0.1) is 5.92 Å². The number of benzene rings is 2. The van der Waals surface area contributed by atoms with E-state index in [1.54, 1.807) is 6.07 Å². The number of nitrogens with zero attached hydrogens (tertiary/aromatic N) is 1. The minimum atomic E-state index is -1.26. The number of carboxylic acids is 2. The van der Waals surface area contributed by atoms with Crippen LogP contribution in [0.25, 0.3) is 0 Å². The van der Waals surface area contributed by atoms with Crippen LogP contribution in [0.5, 0.6) is 5.75 Å². The van der Waals surface area contributed by atoms with Gasteiger partial charge in [0.05, 0.1) is 0 Å². The summed E-state index contributed by atoms with van der Waals surface area (Å²) < 4.78 is 0. The van der Waals surface area contributed by atoms with Crippen LogP contribution in [0.15, 0.2) is 66.7 Å². The lowest BCUT2D eigenvalue weighted by molar-refractivity contribution is -0.134. The maximum Gasteiger partial charge on any atom is 0.328 e. The van der Waals surface area contributed by atoms with Crippen molar-refractivity contribution in [1.29, 1.82) is 0 Å². The SMILES string of the molecule is C[C@@H]1CN(CCC(=O)c2ccccc2)CC[C@]1(C)c1cccc(O)c1.O=C(O)/C=C\C(=O)O. The first-order valence-electron chi connectivity index (χ1n) is 10.9. The van der Waals surface area contributed by atoms with Gasteiger partial charge in [-0.05, 0) is 42.0 Å². The summed E-state index contributed by atoms with van der Waals surface area (Å²) >= 11 is 0. The molecule has 0 aromatic heterocycles. The third-order valence-electron chi connectivity index (χ3n) is 6.19. The van der Waals surface area contributed by atoms with E-state index in [-0.39, 0.29) is 11.2 Å². The number of piperidine rings is 1. The second-order valence-corrected chi connectivity index (χ2v) is 8.47. The van der Waals surface area contributed by atoms with E-state index in [9.17, 15) is 19.5 Å². The molecule has 3 rings (SSSR count). The summed E-state index contributed by atoms with van der Waals surface area (Å²) in [7, 11) is 0. The van der Waals surface area contributed by atoms with Crippen LogP contribution >= 0.6 is 0 Å². The number of Topliss-reactive ketones (excluding diaryl/α,β-unsaturated/α-hetero) is 1. The highest BCUT2D eigenvalue weighted by Gasteiger charge is 2.38. The quantitative estimate of drug-likeness (QED) is 0.429. The lowest BCUT2D eigenvalue weighted by Crippen LogP contribution is -2.47. The van der Waals surface area contributed by atoms with Crippen molar-refractivity contribution >= 4 is 17.7 Å². The van der Waals surface area contributed by atoms with E-state index >= 15 is 0 Å². The molecule has 176 valence electrons. The third-order valence-corrected chi connectivity index (χ3v) is 6.19. The number of aromatic hydroxyl groups is 1. The Balaban J connectivity index is 0.000000414. The summed E-state index contributed by atoms with van der Waals surface area (Å²) in [4.78, 5) is 33.8. The van der Waals surface area contributed by atoms with Crippen molar-refractivity contribution in [3.05, 3.63) is 77.9 Å². The van der Waals surface area contributed by atoms with E-state index in [1.165, 1.54) is 5.56 Å². The Morgan fingerprint density at radius 1 is 1.03 bits per heavy atom. The van der Waals surface area contributed by atoms with E-state index in [0.29, 0.717) is 30.2 Å². The van der Waals surface area contributed by atoms with Gasteiger partial charge in [0.25, 0.3) is 0 Å². The molecule has 7 nitrogen and oxygen atoms in total. The standard InChI is InChI=1S/C22H27NO2.C4H4O4/c1-17-16-23(13-11-21(25)18-7-4-3-5-8-18)14-12-22(17,2)19-9-6-10-20(24)15-19;5-3(6)1-2-4(7)8/h3-10,15,17,24H,11-14,16H2,1-2H3;1-2H,(H,5,6)(H,7,8)/b;2-1-/t17-,22+;/m1./s1. The normalized spacial score (nSPS) is 20.6. The Hall–Kier alpha value is -3.45. The number of phenolic OH excluding ortho intramolecular Hbond substituents is 1. The molecule has 2 aromatic carbocycles. The highest BCUT2D eigenvalue weighted by atomic mass is 16.4. The van der Waals surface area contributed by atoms with Crippen LogP contribution in [-0.2, 0) is 15.0 Å². The maximum absolute atomic E-state index is 12.3. The van der Waals surface area contributed by atoms with Crippen molar-refractivity contribution in [3.63, 3.8) is 0 Å². The fraction of sp³-hybridized carbons (Fsp3) is 0.346. The molecule has 0 spiro atoms. The third kappa shape index (κ3) is 7.88. The number of ketones is 1. The first kappa shape index (κ1) is 25.8. The molecular weight excluding hydrogens is 422 g/mol. The van der Waals surface area contributed by atoms with Crippen LogP contribution in [0.2, 0.25) is 0 Å². The number of likely N-dealkylation sites (tertiary alicyclic amines) is 1. The Morgan fingerprint density at radius 3 is 2.21 bits per heavy atom. The Morgan fingerprint density at radius 2 is 1.67 bits per heavy atom. The van der Waals surface area contributed by atoms with Crippen molar-refractivity contribution in [2.75, 3.05) is 19.6 Å². The van der Waals surface area contributed by atoms with Gasteiger partial charge in [-0.25, -0.2) is 9.59 Å². The fourth-order valence-corrected chi connectivity index (χ4v) is 3.98. The number of aliphatic carboxylic acids is 2. The van der Waals surface area contributed by atoms with Crippen LogP contribution in [0.1, 0.15) is 42.6 Å².